The van der Waals surface area contributed by atoms with Gasteiger partial charge in [0.1, 0.15) is 5.82 Å². The second kappa shape index (κ2) is 8.86. The predicted octanol–water partition coefficient (Wildman–Crippen LogP) is 4.07. The van der Waals surface area contributed by atoms with Crippen molar-refractivity contribution in [1.82, 2.24) is 19.4 Å². The maximum absolute atomic E-state index is 12.8. The van der Waals surface area contributed by atoms with Crippen molar-refractivity contribution in [3.63, 3.8) is 0 Å². The molecule has 3 aromatic rings. The van der Waals surface area contributed by atoms with Gasteiger partial charge in [0, 0.05) is 43.2 Å². The standard InChI is InChI=1S/C24H26N4O/c1-2-5-19-7-9-21(10-8-19)24(29)27-15-11-20(12-16-27)23-26-14-17-28(23)18-22-6-3-4-13-25-22/h2-4,6-10,13-14,17,20H,1,5,11-12,15-16,18H2. The highest BCUT2D eigenvalue weighted by Crippen LogP contribution is 2.28. The molecule has 148 valence electrons. The van der Waals surface area contributed by atoms with Crippen LogP contribution in [0.1, 0.15) is 46.2 Å². The van der Waals surface area contributed by atoms with Crippen LogP contribution in [0.2, 0.25) is 0 Å². The molecular formula is C24H26N4O. The molecule has 1 aromatic carbocycles. The van der Waals surface area contributed by atoms with E-state index in [1.54, 1.807) is 0 Å². The van der Waals surface area contributed by atoms with Crippen LogP contribution in [0.15, 0.2) is 73.7 Å². The fraction of sp³-hybridized carbons (Fsp3) is 0.292. The van der Waals surface area contributed by atoms with Crippen LogP contribution in [-0.4, -0.2) is 38.4 Å². The third-order valence-corrected chi connectivity index (χ3v) is 5.53. The van der Waals surface area contributed by atoms with Gasteiger partial charge in [-0.1, -0.05) is 24.3 Å². The highest BCUT2D eigenvalue weighted by Gasteiger charge is 2.27. The first-order valence-electron chi connectivity index (χ1n) is 10.1. The first-order valence-corrected chi connectivity index (χ1v) is 10.1. The number of piperidine rings is 1. The van der Waals surface area contributed by atoms with Gasteiger partial charge in [-0.15, -0.1) is 6.58 Å². The van der Waals surface area contributed by atoms with Crippen LogP contribution >= 0.6 is 0 Å². The van der Waals surface area contributed by atoms with E-state index in [0.29, 0.717) is 5.92 Å². The first-order chi connectivity index (χ1) is 14.2. The van der Waals surface area contributed by atoms with Gasteiger partial charge < -0.3 is 9.47 Å². The van der Waals surface area contributed by atoms with Crippen LogP contribution < -0.4 is 0 Å². The molecule has 5 heteroatoms. The maximum atomic E-state index is 12.8. The largest absolute Gasteiger partial charge is 0.339 e. The zero-order valence-corrected chi connectivity index (χ0v) is 16.6. The molecule has 5 nitrogen and oxygen atoms in total. The number of carbonyl (C=O) groups excluding carboxylic acids is 1. The lowest BCUT2D eigenvalue weighted by molar-refractivity contribution is 0.0710. The molecule has 0 bridgehead atoms. The number of carbonyl (C=O) groups is 1. The van der Waals surface area contributed by atoms with Gasteiger partial charge in [-0.05, 0) is 49.1 Å². The van der Waals surface area contributed by atoms with Crippen LogP contribution in [-0.2, 0) is 13.0 Å². The Balaban J connectivity index is 1.38. The van der Waals surface area contributed by atoms with Gasteiger partial charge in [0.25, 0.3) is 5.91 Å². The van der Waals surface area contributed by atoms with Gasteiger partial charge in [0.05, 0.1) is 12.2 Å². The SMILES string of the molecule is C=CCc1ccc(C(=O)N2CCC(c3nccn3Cc3ccccn3)CC2)cc1. The van der Waals surface area contributed by atoms with Crippen molar-refractivity contribution in [2.75, 3.05) is 13.1 Å². The van der Waals surface area contributed by atoms with E-state index in [1.165, 1.54) is 5.56 Å². The minimum absolute atomic E-state index is 0.116. The van der Waals surface area contributed by atoms with Gasteiger partial charge in [-0.2, -0.15) is 0 Å². The number of benzene rings is 1. The van der Waals surface area contributed by atoms with E-state index >= 15 is 0 Å². The third-order valence-electron chi connectivity index (χ3n) is 5.53. The number of imidazole rings is 1. The third kappa shape index (κ3) is 4.45. The summed E-state index contributed by atoms with van der Waals surface area (Å²) in [5.41, 5.74) is 2.96. The number of nitrogens with zero attached hydrogens (tertiary/aromatic N) is 4. The number of pyridine rings is 1. The van der Waals surface area contributed by atoms with Gasteiger partial charge in [0.15, 0.2) is 0 Å². The lowest BCUT2D eigenvalue weighted by Crippen LogP contribution is -2.38. The number of hydrogen-bond acceptors (Lipinski definition) is 3. The second-order valence-electron chi connectivity index (χ2n) is 7.49. The van der Waals surface area contributed by atoms with Crippen LogP contribution in [0.25, 0.3) is 0 Å². The molecule has 0 N–H and O–H groups in total. The summed E-state index contributed by atoms with van der Waals surface area (Å²) in [5, 5.41) is 0. The summed E-state index contributed by atoms with van der Waals surface area (Å²) in [6.07, 6.45) is 10.3. The van der Waals surface area contributed by atoms with Crippen molar-refractivity contribution in [1.29, 1.82) is 0 Å². The molecule has 0 aliphatic carbocycles. The minimum Gasteiger partial charge on any atom is -0.339 e. The van der Waals surface area contributed by atoms with Crippen LogP contribution in [0.4, 0.5) is 0 Å². The van der Waals surface area contributed by atoms with Crippen molar-refractivity contribution >= 4 is 5.91 Å². The van der Waals surface area contributed by atoms with Gasteiger partial charge in [0.2, 0.25) is 0 Å². The molecule has 0 atom stereocenters. The topological polar surface area (TPSA) is 51.0 Å². The normalized spacial score (nSPS) is 14.7. The molecular weight excluding hydrogens is 360 g/mol. The molecule has 1 aliphatic rings. The molecule has 1 fully saturated rings. The number of aromatic nitrogens is 3. The second-order valence-corrected chi connectivity index (χ2v) is 7.49. The summed E-state index contributed by atoms with van der Waals surface area (Å²) < 4.78 is 2.18. The molecule has 0 radical (unpaired) electrons. The number of rotatable bonds is 6. The van der Waals surface area contributed by atoms with Crippen molar-refractivity contribution in [3.05, 3.63) is 96.4 Å². The predicted molar refractivity (Wildman–Crippen MR) is 114 cm³/mol. The Morgan fingerprint density at radius 3 is 2.55 bits per heavy atom. The van der Waals surface area contributed by atoms with Crippen molar-refractivity contribution in [3.8, 4) is 0 Å². The Hall–Kier alpha value is -3.21. The Bertz CT molecular complexity index is 954. The summed E-state index contributed by atoms with van der Waals surface area (Å²) in [7, 11) is 0. The molecule has 4 rings (SSSR count). The van der Waals surface area contributed by atoms with Crippen LogP contribution in [0.5, 0.6) is 0 Å². The highest BCUT2D eigenvalue weighted by atomic mass is 16.2. The molecule has 29 heavy (non-hydrogen) atoms. The van der Waals surface area contributed by atoms with E-state index in [0.717, 1.165) is 56.0 Å². The molecule has 1 saturated heterocycles. The minimum atomic E-state index is 0.116. The van der Waals surface area contributed by atoms with E-state index in [4.69, 9.17) is 0 Å². The lowest BCUT2D eigenvalue weighted by atomic mass is 9.95. The van der Waals surface area contributed by atoms with Crippen molar-refractivity contribution in [2.45, 2.75) is 31.7 Å². The average molecular weight is 386 g/mol. The van der Waals surface area contributed by atoms with Crippen molar-refractivity contribution < 1.29 is 4.79 Å². The monoisotopic (exact) mass is 386 g/mol. The summed E-state index contributed by atoms with van der Waals surface area (Å²) in [5.74, 6) is 1.58. The fourth-order valence-corrected chi connectivity index (χ4v) is 3.95. The van der Waals surface area contributed by atoms with Gasteiger partial charge in [-0.3, -0.25) is 9.78 Å². The van der Waals surface area contributed by atoms with E-state index in [-0.39, 0.29) is 5.91 Å². The molecule has 0 spiro atoms. The molecule has 1 amide bonds. The average Bonchev–Trinajstić information content (AvgIpc) is 3.23. The van der Waals surface area contributed by atoms with E-state index < -0.39 is 0 Å². The molecule has 0 unspecified atom stereocenters. The van der Waals surface area contributed by atoms with E-state index in [9.17, 15) is 4.79 Å². The Labute approximate surface area is 171 Å². The van der Waals surface area contributed by atoms with E-state index in [2.05, 4.69) is 21.1 Å². The van der Waals surface area contributed by atoms with Crippen LogP contribution in [0, 0.1) is 0 Å². The quantitative estimate of drug-likeness (QED) is 0.600. The molecule has 3 heterocycles. The number of hydrogen-bond donors (Lipinski definition) is 0. The molecule has 0 saturated carbocycles. The summed E-state index contributed by atoms with van der Waals surface area (Å²) >= 11 is 0. The van der Waals surface area contributed by atoms with Crippen LogP contribution in [0.3, 0.4) is 0 Å². The molecule has 2 aromatic heterocycles. The Morgan fingerprint density at radius 2 is 1.86 bits per heavy atom. The van der Waals surface area contributed by atoms with Gasteiger partial charge in [-0.25, -0.2) is 4.98 Å². The number of amides is 1. The lowest BCUT2D eigenvalue weighted by Gasteiger charge is -2.32. The van der Waals surface area contributed by atoms with Crippen molar-refractivity contribution in [2.24, 2.45) is 0 Å². The number of likely N-dealkylation sites (tertiary alicyclic amines) is 1. The Morgan fingerprint density at radius 1 is 1.07 bits per heavy atom. The zero-order valence-electron chi connectivity index (χ0n) is 16.6. The van der Waals surface area contributed by atoms with E-state index in [1.807, 2.05) is 72.0 Å². The maximum Gasteiger partial charge on any atom is 0.253 e. The number of allylic oxidation sites excluding steroid dienone is 1. The summed E-state index contributed by atoms with van der Waals surface area (Å²) in [4.78, 5) is 23.8. The summed E-state index contributed by atoms with van der Waals surface area (Å²) in [6, 6.07) is 13.8. The Kier molecular flexibility index (Phi) is 5.84. The first kappa shape index (κ1) is 19.1. The van der Waals surface area contributed by atoms with Gasteiger partial charge >= 0.3 is 0 Å². The summed E-state index contributed by atoms with van der Waals surface area (Å²) in [6.45, 7) is 6.00. The fourth-order valence-electron chi connectivity index (χ4n) is 3.95. The smallest absolute Gasteiger partial charge is 0.253 e. The zero-order chi connectivity index (χ0) is 20.1. The highest BCUT2D eigenvalue weighted by molar-refractivity contribution is 5.94. The molecule has 1 aliphatic heterocycles.